The second-order valence-corrected chi connectivity index (χ2v) is 8.88. The molecule has 0 aromatic heterocycles. The number of rotatable bonds is 11. The van der Waals surface area contributed by atoms with Crippen molar-refractivity contribution in [1.29, 1.82) is 0 Å². The molecule has 20 heavy (non-hydrogen) atoms. The fraction of sp³-hybridized carbons (Fsp3) is 0.933. The first-order chi connectivity index (χ1) is 9.29. The summed E-state index contributed by atoms with van der Waals surface area (Å²) in [7, 11) is -1.74. The van der Waals surface area contributed by atoms with Gasteiger partial charge in [0.05, 0.1) is 21.0 Å². The molecular formula is C15H31O4P. The second kappa shape index (κ2) is 10.4. The molecule has 0 rings (SSSR count). The highest BCUT2D eigenvalue weighted by Gasteiger charge is 2.25. The maximum atomic E-state index is 12.3. The second-order valence-electron chi connectivity index (χ2n) is 6.18. The summed E-state index contributed by atoms with van der Waals surface area (Å²) < 4.78 is 22.8. The molecule has 1 unspecified atom stereocenters. The normalized spacial score (nSPS) is 13.5. The predicted molar refractivity (Wildman–Crippen MR) is 84.1 cm³/mol. The van der Waals surface area contributed by atoms with Crippen molar-refractivity contribution in [2.75, 3.05) is 26.0 Å². The Bertz CT molecular complexity index is 300. The molecular weight excluding hydrogens is 275 g/mol. The average molecular weight is 306 g/mol. The van der Waals surface area contributed by atoms with E-state index in [1.807, 2.05) is 13.8 Å². The van der Waals surface area contributed by atoms with Crippen LogP contribution < -0.4 is 0 Å². The lowest BCUT2D eigenvalue weighted by Crippen LogP contribution is -2.20. The Morgan fingerprint density at radius 1 is 1.20 bits per heavy atom. The highest BCUT2D eigenvalue weighted by Crippen LogP contribution is 2.40. The monoisotopic (exact) mass is 306 g/mol. The zero-order valence-electron chi connectivity index (χ0n) is 13.7. The Morgan fingerprint density at radius 2 is 1.85 bits per heavy atom. The van der Waals surface area contributed by atoms with Crippen LogP contribution in [0.15, 0.2) is 0 Å². The van der Waals surface area contributed by atoms with Gasteiger partial charge in [-0.2, -0.15) is 0 Å². The van der Waals surface area contributed by atoms with E-state index in [0.717, 1.165) is 13.0 Å². The third-order valence-electron chi connectivity index (χ3n) is 3.35. The van der Waals surface area contributed by atoms with Gasteiger partial charge in [-0.05, 0) is 18.8 Å². The SMILES string of the molecule is CCC(=O)OCCC(C)(C)[PH](=O)CCOCCC(C)C. The summed E-state index contributed by atoms with van der Waals surface area (Å²) in [6.45, 7) is 11.7. The standard InChI is InChI=1S/C15H31O4P/c1-6-14(16)19-10-8-15(4,5)20(17)12-11-18-9-7-13(2)3/h13,20H,6-12H2,1-5H3. The Morgan fingerprint density at radius 3 is 2.40 bits per heavy atom. The van der Waals surface area contributed by atoms with Gasteiger partial charge >= 0.3 is 5.97 Å². The van der Waals surface area contributed by atoms with E-state index in [2.05, 4.69) is 13.8 Å². The molecule has 0 aromatic carbocycles. The number of hydrogen-bond donors (Lipinski definition) is 0. The van der Waals surface area contributed by atoms with Gasteiger partial charge in [0.25, 0.3) is 0 Å². The highest BCUT2D eigenvalue weighted by atomic mass is 31.1. The van der Waals surface area contributed by atoms with Gasteiger partial charge in [0.15, 0.2) is 0 Å². The van der Waals surface area contributed by atoms with Crippen LogP contribution in [0.2, 0.25) is 0 Å². The highest BCUT2D eigenvalue weighted by molar-refractivity contribution is 7.46. The molecule has 0 spiro atoms. The summed E-state index contributed by atoms with van der Waals surface area (Å²) in [6, 6.07) is 0. The Labute approximate surface area is 124 Å². The van der Waals surface area contributed by atoms with E-state index in [0.29, 0.717) is 38.1 Å². The van der Waals surface area contributed by atoms with Crippen molar-refractivity contribution in [3.8, 4) is 0 Å². The smallest absolute Gasteiger partial charge is 0.305 e. The number of carbonyl (C=O) groups excluding carboxylic acids is 1. The number of carbonyl (C=O) groups is 1. The molecule has 0 radical (unpaired) electrons. The third-order valence-corrected chi connectivity index (χ3v) is 5.76. The summed E-state index contributed by atoms with van der Waals surface area (Å²) in [6.07, 6.45) is 2.68. The quantitative estimate of drug-likeness (QED) is 0.331. The maximum absolute atomic E-state index is 12.3. The molecule has 0 N–H and O–H groups in total. The third kappa shape index (κ3) is 9.55. The van der Waals surface area contributed by atoms with Crippen molar-refractivity contribution in [2.45, 2.75) is 59.0 Å². The topological polar surface area (TPSA) is 52.6 Å². The average Bonchev–Trinajstić information content (AvgIpc) is 2.37. The molecule has 0 bridgehead atoms. The van der Waals surface area contributed by atoms with E-state index in [1.165, 1.54) is 0 Å². The summed E-state index contributed by atoms with van der Waals surface area (Å²) in [5, 5.41) is -0.278. The van der Waals surface area contributed by atoms with Gasteiger partial charge in [0.1, 0.15) is 0 Å². The van der Waals surface area contributed by atoms with Crippen molar-refractivity contribution in [3.05, 3.63) is 0 Å². The lowest BCUT2D eigenvalue weighted by Gasteiger charge is -2.24. The summed E-state index contributed by atoms with van der Waals surface area (Å²) in [5.41, 5.74) is 0. The Balaban J connectivity index is 3.84. The lowest BCUT2D eigenvalue weighted by molar-refractivity contribution is -0.143. The largest absolute Gasteiger partial charge is 0.466 e. The number of ether oxygens (including phenoxy) is 2. The summed E-state index contributed by atoms with van der Waals surface area (Å²) >= 11 is 0. The van der Waals surface area contributed by atoms with Crippen molar-refractivity contribution in [2.24, 2.45) is 5.92 Å². The first kappa shape index (κ1) is 19.7. The molecule has 5 heteroatoms. The van der Waals surface area contributed by atoms with E-state index in [4.69, 9.17) is 9.47 Å². The minimum absolute atomic E-state index is 0.197. The van der Waals surface area contributed by atoms with Crippen LogP contribution in [0.1, 0.15) is 53.9 Å². The van der Waals surface area contributed by atoms with Crippen LogP contribution in [-0.4, -0.2) is 37.1 Å². The van der Waals surface area contributed by atoms with Gasteiger partial charge in [-0.15, -0.1) is 0 Å². The molecule has 0 aliphatic rings. The number of esters is 1. The molecule has 0 aliphatic heterocycles. The zero-order chi connectivity index (χ0) is 15.6. The molecule has 120 valence electrons. The van der Waals surface area contributed by atoms with Gasteiger partial charge in [-0.1, -0.05) is 34.6 Å². The van der Waals surface area contributed by atoms with Gasteiger partial charge in [-0.25, -0.2) is 0 Å². The van der Waals surface area contributed by atoms with E-state index in [9.17, 15) is 9.36 Å². The van der Waals surface area contributed by atoms with Crippen LogP contribution in [0, 0.1) is 5.92 Å². The van der Waals surface area contributed by atoms with Crippen LogP contribution in [0.5, 0.6) is 0 Å². The van der Waals surface area contributed by atoms with Gasteiger partial charge in [0.2, 0.25) is 0 Å². The number of hydrogen-bond acceptors (Lipinski definition) is 4. The van der Waals surface area contributed by atoms with Crippen LogP contribution >= 0.6 is 7.80 Å². The fourth-order valence-electron chi connectivity index (χ4n) is 1.59. The molecule has 0 fully saturated rings. The predicted octanol–water partition coefficient (Wildman–Crippen LogP) is 3.73. The van der Waals surface area contributed by atoms with Gasteiger partial charge in [0, 0.05) is 24.3 Å². The minimum Gasteiger partial charge on any atom is -0.466 e. The molecule has 0 saturated heterocycles. The lowest BCUT2D eigenvalue weighted by atomic mass is 10.1. The van der Waals surface area contributed by atoms with Crippen LogP contribution in [0.4, 0.5) is 0 Å². The Kier molecular flexibility index (Phi) is 10.2. The fourth-order valence-corrected chi connectivity index (χ4v) is 2.97. The van der Waals surface area contributed by atoms with Crippen LogP contribution in [0.3, 0.4) is 0 Å². The van der Waals surface area contributed by atoms with E-state index < -0.39 is 7.80 Å². The van der Waals surface area contributed by atoms with Crippen molar-refractivity contribution < 1.29 is 18.8 Å². The van der Waals surface area contributed by atoms with Crippen LogP contribution in [-0.2, 0) is 18.8 Å². The molecule has 4 nitrogen and oxygen atoms in total. The molecule has 0 amide bonds. The zero-order valence-corrected chi connectivity index (χ0v) is 14.7. The van der Waals surface area contributed by atoms with Crippen molar-refractivity contribution in [1.82, 2.24) is 0 Å². The first-order valence-electron chi connectivity index (χ1n) is 7.56. The maximum Gasteiger partial charge on any atom is 0.305 e. The molecule has 0 saturated carbocycles. The van der Waals surface area contributed by atoms with Crippen LogP contribution in [0.25, 0.3) is 0 Å². The molecule has 1 atom stereocenters. The van der Waals surface area contributed by atoms with E-state index in [-0.39, 0.29) is 11.1 Å². The van der Waals surface area contributed by atoms with Crippen molar-refractivity contribution in [3.63, 3.8) is 0 Å². The molecule has 0 aromatic rings. The molecule has 0 heterocycles. The van der Waals surface area contributed by atoms with Gasteiger partial charge < -0.3 is 14.0 Å². The summed E-state index contributed by atoms with van der Waals surface area (Å²) in [5.74, 6) is 0.439. The summed E-state index contributed by atoms with van der Waals surface area (Å²) in [4.78, 5) is 11.1. The van der Waals surface area contributed by atoms with E-state index in [1.54, 1.807) is 6.92 Å². The molecule has 0 aliphatic carbocycles. The minimum atomic E-state index is -1.74. The van der Waals surface area contributed by atoms with E-state index >= 15 is 0 Å². The first-order valence-corrected chi connectivity index (χ1v) is 9.17. The van der Waals surface area contributed by atoms with Crippen molar-refractivity contribution >= 4 is 13.8 Å². The Hall–Kier alpha value is -0.340. The van der Waals surface area contributed by atoms with Gasteiger partial charge in [-0.3, -0.25) is 4.79 Å².